The van der Waals surface area contributed by atoms with Gasteiger partial charge in [-0.15, -0.1) is 0 Å². The molecule has 2 fully saturated rings. The SMILES string of the molecule is CC[C@H](C)[C@H]1C(=O)N2c3ccccc3C3C[C@@H](n4cnc5ccccc5c4=O)C(=O)N1C32. The molecule has 2 saturated heterocycles. The average Bonchev–Trinajstić information content (AvgIpc) is 3.31. The first kappa shape index (κ1) is 19.2. The van der Waals surface area contributed by atoms with E-state index in [2.05, 4.69) is 4.98 Å². The Morgan fingerprint density at radius 2 is 1.78 bits per heavy atom. The second-order valence-corrected chi connectivity index (χ2v) is 9.09. The number of hydrogen-bond donors (Lipinski definition) is 0. The normalized spacial score (nSPS) is 27.1. The van der Waals surface area contributed by atoms with Crippen LogP contribution in [0.15, 0.2) is 59.7 Å². The van der Waals surface area contributed by atoms with Crippen LogP contribution in [0.3, 0.4) is 0 Å². The molecular weight excluding hydrogens is 404 g/mol. The summed E-state index contributed by atoms with van der Waals surface area (Å²) in [5.74, 6) is -0.197. The zero-order chi connectivity index (χ0) is 22.1. The van der Waals surface area contributed by atoms with Crippen LogP contribution in [-0.2, 0) is 9.59 Å². The fourth-order valence-corrected chi connectivity index (χ4v) is 5.80. The van der Waals surface area contributed by atoms with Crippen LogP contribution < -0.4 is 10.5 Å². The molecule has 0 spiro atoms. The summed E-state index contributed by atoms with van der Waals surface area (Å²) < 4.78 is 1.47. The van der Waals surface area contributed by atoms with Gasteiger partial charge < -0.3 is 4.90 Å². The van der Waals surface area contributed by atoms with E-state index in [1.807, 2.05) is 49.1 Å². The van der Waals surface area contributed by atoms with Crippen molar-refractivity contribution in [1.29, 1.82) is 0 Å². The number of benzene rings is 2. The van der Waals surface area contributed by atoms with Gasteiger partial charge >= 0.3 is 0 Å². The van der Waals surface area contributed by atoms with Crippen LogP contribution in [0.2, 0.25) is 0 Å². The van der Waals surface area contributed by atoms with Crippen molar-refractivity contribution in [1.82, 2.24) is 14.5 Å². The number of hydrogen-bond acceptors (Lipinski definition) is 4. The Morgan fingerprint density at radius 3 is 2.59 bits per heavy atom. The molecule has 3 aliphatic heterocycles. The Kier molecular flexibility index (Phi) is 4.06. The lowest BCUT2D eigenvalue weighted by atomic mass is 9.85. The van der Waals surface area contributed by atoms with E-state index in [0.717, 1.165) is 17.7 Å². The van der Waals surface area contributed by atoms with Gasteiger partial charge in [0.25, 0.3) is 11.5 Å². The van der Waals surface area contributed by atoms with Gasteiger partial charge in [-0.1, -0.05) is 50.6 Å². The highest BCUT2D eigenvalue weighted by Crippen LogP contribution is 2.53. The molecule has 3 aromatic rings. The number of rotatable bonds is 3. The van der Waals surface area contributed by atoms with Crippen molar-refractivity contribution < 1.29 is 9.59 Å². The van der Waals surface area contributed by atoms with E-state index in [0.29, 0.717) is 17.3 Å². The molecule has 0 saturated carbocycles. The van der Waals surface area contributed by atoms with E-state index < -0.39 is 12.1 Å². The van der Waals surface area contributed by atoms with Crippen LogP contribution in [0.25, 0.3) is 10.9 Å². The molecule has 2 amide bonds. The molecule has 5 atom stereocenters. The molecule has 0 bridgehead atoms. The zero-order valence-corrected chi connectivity index (χ0v) is 18.0. The first-order chi connectivity index (χ1) is 15.5. The number of amides is 2. The maximum absolute atomic E-state index is 13.9. The minimum Gasteiger partial charge on any atom is -0.307 e. The molecule has 0 N–H and O–H groups in total. The number of aromatic nitrogens is 2. The van der Waals surface area contributed by atoms with Gasteiger partial charge in [-0.2, -0.15) is 0 Å². The summed E-state index contributed by atoms with van der Waals surface area (Å²) in [5.41, 5.74) is 2.35. The summed E-state index contributed by atoms with van der Waals surface area (Å²) in [6.45, 7) is 4.06. The van der Waals surface area contributed by atoms with Gasteiger partial charge in [0, 0.05) is 11.6 Å². The Balaban J connectivity index is 1.53. The molecule has 0 aliphatic carbocycles. The fraction of sp³-hybridized carbons (Fsp3) is 0.360. The summed E-state index contributed by atoms with van der Waals surface area (Å²) in [7, 11) is 0. The number of anilines is 1. The molecule has 7 heteroatoms. The van der Waals surface area contributed by atoms with Crippen LogP contribution in [0.5, 0.6) is 0 Å². The Hall–Kier alpha value is -3.48. The highest BCUT2D eigenvalue weighted by atomic mass is 16.2. The predicted molar refractivity (Wildman–Crippen MR) is 120 cm³/mol. The summed E-state index contributed by atoms with van der Waals surface area (Å²) in [6.07, 6.45) is 2.43. The van der Waals surface area contributed by atoms with Crippen LogP contribution in [0, 0.1) is 5.92 Å². The smallest absolute Gasteiger partial charge is 0.261 e. The molecule has 0 radical (unpaired) electrons. The van der Waals surface area contributed by atoms with Crippen molar-refractivity contribution in [3.05, 3.63) is 70.8 Å². The zero-order valence-electron chi connectivity index (χ0n) is 18.0. The molecule has 2 unspecified atom stereocenters. The van der Waals surface area contributed by atoms with Crippen molar-refractivity contribution in [2.24, 2.45) is 5.92 Å². The maximum Gasteiger partial charge on any atom is 0.261 e. The Morgan fingerprint density at radius 1 is 1.03 bits per heavy atom. The molecule has 2 aromatic carbocycles. The lowest BCUT2D eigenvalue weighted by molar-refractivity contribution is -0.145. The second-order valence-electron chi connectivity index (χ2n) is 9.09. The van der Waals surface area contributed by atoms with Gasteiger partial charge in [0.1, 0.15) is 18.2 Å². The van der Waals surface area contributed by atoms with Crippen molar-refractivity contribution in [3.8, 4) is 0 Å². The third-order valence-corrected chi connectivity index (χ3v) is 7.52. The third-order valence-electron chi connectivity index (χ3n) is 7.52. The number of nitrogens with zero attached hydrogens (tertiary/aromatic N) is 4. The lowest BCUT2D eigenvalue weighted by Crippen LogP contribution is -2.55. The summed E-state index contributed by atoms with van der Waals surface area (Å²) in [4.78, 5) is 48.8. The molecule has 32 heavy (non-hydrogen) atoms. The van der Waals surface area contributed by atoms with Crippen LogP contribution >= 0.6 is 0 Å². The standard InChI is InChI=1S/C25H24N4O3/c1-3-14(2)21-25(32)28-19-11-7-5-8-15(19)17-12-20(24(31)29(21)22(17)28)27-13-26-18-10-6-4-9-16(18)23(27)30/h4-11,13-14,17,20-22H,3,12H2,1-2H3/t14-,17?,20+,21-,22?/m0/s1. The highest BCUT2D eigenvalue weighted by Gasteiger charge is 2.61. The monoisotopic (exact) mass is 428 g/mol. The largest absolute Gasteiger partial charge is 0.307 e. The molecule has 162 valence electrons. The van der Waals surface area contributed by atoms with E-state index >= 15 is 0 Å². The van der Waals surface area contributed by atoms with Crippen molar-refractivity contribution in [3.63, 3.8) is 0 Å². The average molecular weight is 428 g/mol. The van der Waals surface area contributed by atoms with E-state index in [4.69, 9.17) is 0 Å². The van der Waals surface area contributed by atoms with Crippen molar-refractivity contribution in [2.45, 2.75) is 50.9 Å². The molecule has 7 nitrogen and oxygen atoms in total. The molecular formula is C25H24N4O3. The van der Waals surface area contributed by atoms with Gasteiger partial charge in [-0.25, -0.2) is 4.98 Å². The van der Waals surface area contributed by atoms with Gasteiger partial charge in [-0.05, 0) is 36.1 Å². The lowest BCUT2D eigenvalue weighted by Gasteiger charge is -2.41. The van der Waals surface area contributed by atoms with Crippen LogP contribution in [0.4, 0.5) is 5.69 Å². The Labute approximate surface area is 185 Å². The number of carbonyl (C=O) groups excluding carboxylic acids is 2. The van der Waals surface area contributed by atoms with Gasteiger partial charge in [0.2, 0.25) is 5.91 Å². The van der Waals surface area contributed by atoms with Crippen molar-refractivity contribution >= 4 is 28.4 Å². The quantitative estimate of drug-likeness (QED) is 0.643. The number of piperidine rings is 1. The Bertz CT molecular complexity index is 1330. The fourth-order valence-electron chi connectivity index (χ4n) is 5.80. The molecule has 1 aromatic heterocycles. The van der Waals surface area contributed by atoms with Gasteiger partial charge in [0.15, 0.2) is 0 Å². The summed E-state index contributed by atoms with van der Waals surface area (Å²) >= 11 is 0. The van der Waals surface area contributed by atoms with E-state index in [1.54, 1.807) is 23.1 Å². The number of fused-ring (bicyclic) bond motifs is 4. The first-order valence-corrected chi connectivity index (χ1v) is 11.2. The molecule has 3 aliphatic rings. The van der Waals surface area contributed by atoms with Crippen molar-refractivity contribution in [2.75, 3.05) is 4.90 Å². The maximum atomic E-state index is 13.9. The summed E-state index contributed by atoms with van der Waals surface area (Å²) in [5, 5.41) is 0.495. The highest BCUT2D eigenvalue weighted by molar-refractivity contribution is 6.07. The minimum absolute atomic E-state index is 0.0164. The van der Waals surface area contributed by atoms with Gasteiger partial charge in [0.05, 0.1) is 17.2 Å². The topological polar surface area (TPSA) is 75.5 Å². The third kappa shape index (κ3) is 2.36. The van der Waals surface area contributed by atoms with E-state index in [9.17, 15) is 14.4 Å². The second kappa shape index (κ2) is 6.76. The predicted octanol–water partition coefficient (Wildman–Crippen LogP) is 3.05. The van der Waals surface area contributed by atoms with Crippen LogP contribution in [-0.4, -0.2) is 38.5 Å². The minimum atomic E-state index is -0.689. The molecule has 4 heterocycles. The summed E-state index contributed by atoms with van der Waals surface area (Å²) in [6, 6.07) is 13.9. The molecule has 6 rings (SSSR count). The first-order valence-electron chi connectivity index (χ1n) is 11.2. The van der Waals surface area contributed by atoms with E-state index in [1.165, 1.54) is 10.9 Å². The van der Waals surface area contributed by atoms with Gasteiger partial charge in [-0.3, -0.25) is 23.9 Å². The number of carbonyl (C=O) groups is 2. The number of para-hydroxylation sites is 2. The van der Waals surface area contributed by atoms with E-state index in [-0.39, 0.29) is 35.4 Å². The van der Waals surface area contributed by atoms with Crippen LogP contribution in [0.1, 0.15) is 44.2 Å².